The predicted molar refractivity (Wildman–Crippen MR) is 137 cm³/mol. The van der Waals surface area contributed by atoms with Crippen LogP contribution in [-0.4, -0.2) is 39.7 Å². The Labute approximate surface area is 208 Å². The minimum atomic E-state index is -0.257. The van der Waals surface area contributed by atoms with Gasteiger partial charge in [0.15, 0.2) is 5.16 Å². The molecule has 1 amide bonds. The molecule has 0 unspecified atom stereocenters. The largest absolute Gasteiger partial charge is 0.379 e. The molecule has 0 saturated carbocycles. The Balaban J connectivity index is 1.39. The average molecular weight is 493 g/mol. The smallest absolute Gasteiger partial charge is 0.251 e. The number of carbonyl (C=O) groups is 1. The van der Waals surface area contributed by atoms with Crippen molar-refractivity contribution >= 4 is 28.7 Å². The molecule has 2 heterocycles. The van der Waals surface area contributed by atoms with E-state index < -0.39 is 0 Å². The highest BCUT2D eigenvalue weighted by atomic mass is 32.2. The third-order valence-electron chi connectivity index (χ3n) is 5.39. The first kappa shape index (κ1) is 24.9. The third-order valence-corrected chi connectivity index (χ3v) is 6.43. The van der Waals surface area contributed by atoms with E-state index in [2.05, 4.69) is 14.9 Å². The number of hydrogen-bond acceptors (Lipinski definition) is 5. The number of nitrogens with zero attached hydrogens (tertiary/aromatic N) is 3. The summed E-state index contributed by atoms with van der Waals surface area (Å²) in [6.45, 7) is 5.71. The highest BCUT2D eigenvalue weighted by molar-refractivity contribution is 7.98. The monoisotopic (exact) mass is 492 g/mol. The van der Waals surface area contributed by atoms with E-state index >= 15 is 0 Å². The van der Waals surface area contributed by atoms with Crippen LogP contribution < -0.4 is 5.32 Å². The Kier molecular flexibility index (Phi) is 8.50. The summed E-state index contributed by atoms with van der Waals surface area (Å²) in [5.74, 6) is 0.347. The molecule has 0 fully saturated rings. The highest BCUT2D eigenvalue weighted by Crippen LogP contribution is 2.27. The molecule has 0 aliphatic rings. The number of rotatable bonds is 11. The summed E-state index contributed by atoms with van der Waals surface area (Å²) in [4.78, 5) is 21.4. The molecule has 35 heavy (non-hydrogen) atoms. The predicted octanol–water partition coefficient (Wildman–Crippen LogP) is 5.46. The Morgan fingerprint density at radius 1 is 1.14 bits per heavy atom. The first-order chi connectivity index (χ1) is 17.0. The topological polar surface area (TPSA) is 69.0 Å². The van der Waals surface area contributed by atoms with E-state index in [1.807, 2.05) is 50.2 Å². The molecule has 0 aliphatic carbocycles. The lowest BCUT2D eigenvalue weighted by Gasteiger charge is -2.10. The van der Waals surface area contributed by atoms with Gasteiger partial charge in [0.05, 0.1) is 29.9 Å². The van der Waals surface area contributed by atoms with Crippen LogP contribution in [0.3, 0.4) is 0 Å². The quantitative estimate of drug-likeness (QED) is 0.223. The lowest BCUT2D eigenvalue weighted by Crippen LogP contribution is -2.25. The van der Waals surface area contributed by atoms with Gasteiger partial charge in [-0.15, -0.1) is 0 Å². The maximum Gasteiger partial charge on any atom is 0.251 e. The number of halogens is 1. The van der Waals surface area contributed by atoms with Crippen LogP contribution in [0.2, 0.25) is 0 Å². The number of aromatic nitrogens is 3. The summed E-state index contributed by atoms with van der Waals surface area (Å²) in [5, 5.41) is 3.77. The van der Waals surface area contributed by atoms with Crippen molar-refractivity contribution in [3.8, 4) is 0 Å². The van der Waals surface area contributed by atoms with Gasteiger partial charge in [-0.2, -0.15) is 0 Å². The van der Waals surface area contributed by atoms with Gasteiger partial charge in [-0.05, 0) is 61.7 Å². The second-order valence-corrected chi connectivity index (χ2v) is 9.43. The first-order valence-corrected chi connectivity index (χ1v) is 12.6. The van der Waals surface area contributed by atoms with E-state index in [4.69, 9.17) is 9.72 Å². The Bertz CT molecular complexity index is 1270. The lowest BCUT2D eigenvalue weighted by atomic mass is 10.1. The number of ether oxygens (including phenoxy) is 1. The summed E-state index contributed by atoms with van der Waals surface area (Å²) in [5.41, 5.74) is 4.34. The van der Waals surface area contributed by atoms with Crippen molar-refractivity contribution in [2.24, 2.45) is 0 Å². The van der Waals surface area contributed by atoms with Gasteiger partial charge in [0, 0.05) is 30.7 Å². The number of thioether (sulfide) groups is 1. The zero-order chi connectivity index (χ0) is 24.6. The van der Waals surface area contributed by atoms with Crippen LogP contribution in [0.25, 0.3) is 11.0 Å². The molecule has 4 aromatic rings. The third kappa shape index (κ3) is 6.90. The fraction of sp³-hybridized carbons (Fsp3) is 0.296. The molecule has 8 heteroatoms. The number of amides is 1. The molecule has 2 aromatic carbocycles. The number of carbonyl (C=O) groups excluding carboxylic acids is 1. The molecule has 4 rings (SSSR count). The molecule has 0 radical (unpaired) electrons. The Morgan fingerprint density at radius 3 is 2.74 bits per heavy atom. The number of imidazole rings is 1. The van der Waals surface area contributed by atoms with Gasteiger partial charge < -0.3 is 14.6 Å². The minimum absolute atomic E-state index is 0.0851. The van der Waals surface area contributed by atoms with Crippen LogP contribution in [0.1, 0.15) is 41.8 Å². The van der Waals surface area contributed by atoms with Gasteiger partial charge in [0.2, 0.25) is 0 Å². The molecular weight excluding hydrogens is 463 g/mol. The van der Waals surface area contributed by atoms with Crippen LogP contribution in [0, 0.1) is 5.82 Å². The van der Waals surface area contributed by atoms with Crippen LogP contribution >= 0.6 is 11.8 Å². The molecule has 0 aliphatic heterocycles. The van der Waals surface area contributed by atoms with E-state index in [0.29, 0.717) is 31.0 Å². The van der Waals surface area contributed by atoms with Crippen molar-refractivity contribution < 1.29 is 13.9 Å². The normalized spacial score (nSPS) is 11.3. The molecule has 2 aromatic heterocycles. The zero-order valence-corrected chi connectivity index (χ0v) is 20.7. The molecule has 0 bridgehead atoms. The second-order valence-electron chi connectivity index (χ2n) is 8.49. The standard InChI is InChI=1S/C27H29FN4O2S/c1-19(2)34-14-4-12-30-26(33)22-9-7-20(8-10-22)18-35-27-31-24-11-13-29-16-25(24)32(27)17-21-5-3-6-23(28)15-21/h3,5-11,13,15-16,19H,4,12,14,17-18H2,1-2H3,(H,30,33). The van der Waals surface area contributed by atoms with Crippen LogP contribution in [0.4, 0.5) is 4.39 Å². The van der Waals surface area contributed by atoms with Crippen molar-refractivity contribution in [1.29, 1.82) is 0 Å². The summed E-state index contributed by atoms with van der Waals surface area (Å²) in [6.07, 6.45) is 4.49. The molecule has 6 nitrogen and oxygen atoms in total. The van der Waals surface area contributed by atoms with E-state index in [0.717, 1.165) is 33.7 Å². The van der Waals surface area contributed by atoms with Gasteiger partial charge in [0.1, 0.15) is 5.82 Å². The summed E-state index contributed by atoms with van der Waals surface area (Å²) >= 11 is 1.60. The average Bonchev–Trinajstić information content (AvgIpc) is 3.20. The number of pyridine rings is 1. The second kappa shape index (κ2) is 12.0. The summed E-state index contributed by atoms with van der Waals surface area (Å²) in [7, 11) is 0. The van der Waals surface area contributed by atoms with Gasteiger partial charge in [-0.3, -0.25) is 9.78 Å². The zero-order valence-electron chi connectivity index (χ0n) is 19.9. The molecular formula is C27H29FN4O2S. The molecule has 182 valence electrons. The van der Waals surface area contributed by atoms with Gasteiger partial charge in [-0.25, -0.2) is 9.37 Å². The Hall–Kier alpha value is -3.23. The fourth-order valence-corrected chi connectivity index (χ4v) is 4.59. The van der Waals surface area contributed by atoms with Gasteiger partial charge in [-0.1, -0.05) is 36.0 Å². The molecule has 0 atom stereocenters. The van der Waals surface area contributed by atoms with Crippen LogP contribution in [0.15, 0.2) is 72.1 Å². The van der Waals surface area contributed by atoms with Crippen LogP contribution in [-0.2, 0) is 17.0 Å². The molecule has 0 spiro atoms. The maximum atomic E-state index is 13.7. The highest BCUT2D eigenvalue weighted by Gasteiger charge is 2.13. The van der Waals surface area contributed by atoms with Crippen molar-refractivity contribution in [1.82, 2.24) is 19.9 Å². The number of fused-ring (bicyclic) bond motifs is 1. The number of hydrogen-bond donors (Lipinski definition) is 1. The van der Waals surface area contributed by atoms with E-state index in [1.54, 1.807) is 30.2 Å². The van der Waals surface area contributed by atoms with Crippen molar-refractivity contribution in [2.75, 3.05) is 13.2 Å². The van der Waals surface area contributed by atoms with Gasteiger partial charge in [0.25, 0.3) is 5.91 Å². The van der Waals surface area contributed by atoms with Gasteiger partial charge >= 0.3 is 0 Å². The van der Waals surface area contributed by atoms with Crippen molar-refractivity contribution in [3.05, 3.63) is 89.5 Å². The minimum Gasteiger partial charge on any atom is -0.379 e. The van der Waals surface area contributed by atoms with Crippen molar-refractivity contribution in [2.45, 2.75) is 43.8 Å². The summed E-state index contributed by atoms with van der Waals surface area (Å²) in [6, 6.07) is 16.1. The van der Waals surface area contributed by atoms with E-state index in [9.17, 15) is 9.18 Å². The SMILES string of the molecule is CC(C)OCCCNC(=O)c1ccc(CSc2nc3ccncc3n2Cc2cccc(F)c2)cc1. The summed E-state index contributed by atoms with van der Waals surface area (Å²) < 4.78 is 21.3. The number of nitrogens with one attached hydrogen (secondary N) is 1. The lowest BCUT2D eigenvalue weighted by molar-refractivity contribution is 0.0757. The van der Waals surface area contributed by atoms with Crippen molar-refractivity contribution in [3.63, 3.8) is 0 Å². The van der Waals surface area contributed by atoms with Crippen LogP contribution in [0.5, 0.6) is 0 Å². The first-order valence-electron chi connectivity index (χ1n) is 11.7. The van der Waals surface area contributed by atoms with E-state index in [1.165, 1.54) is 12.1 Å². The molecule has 1 N–H and O–H groups in total. The Morgan fingerprint density at radius 2 is 1.97 bits per heavy atom. The maximum absolute atomic E-state index is 13.7. The van der Waals surface area contributed by atoms with E-state index in [-0.39, 0.29) is 17.8 Å². The fourth-order valence-electron chi connectivity index (χ4n) is 3.62. The molecule has 0 saturated heterocycles. The number of benzene rings is 2.